The summed E-state index contributed by atoms with van der Waals surface area (Å²) >= 11 is 0. The van der Waals surface area contributed by atoms with Gasteiger partial charge in [0.1, 0.15) is 0 Å². The number of terminal acetylenes is 1. The van der Waals surface area contributed by atoms with Crippen LogP contribution in [-0.4, -0.2) is 0 Å². The summed E-state index contributed by atoms with van der Waals surface area (Å²) in [4.78, 5) is 0. The lowest BCUT2D eigenvalue weighted by Gasteiger charge is -2.22. The Morgan fingerprint density at radius 1 is 1.10 bits per heavy atom. The third kappa shape index (κ3) is 4.37. The monoisotopic (exact) mass is 282 g/mol. The largest absolute Gasteiger partial charge is 0.120 e. The molecule has 0 N–H and O–H groups in total. The van der Waals surface area contributed by atoms with Crippen LogP contribution in [-0.2, 0) is 6.42 Å². The maximum absolute atomic E-state index is 5.77. The summed E-state index contributed by atoms with van der Waals surface area (Å²) < 4.78 is 0. The minimum absolute atomic E-state index is 0.445. The highest BCUT2D eigenvalue weighted by Gasteiger charge is 2.35. The fourth-order valence-electron chi connectivity index (χ4n) is 4.15. The van der Waals surface area contributed by atoms with Gasteiger partial charge in [0, 0.05) is 5.92 Å². The van der Waals surface area contributed by atoms with Gasteiger partial charge in [0.25, 0.3) is 0 Å². The first-order valence-electron chi connectivity index (χ1n) is 8.61. The second-order valence-corrected chi connectivity index (χ2v) is 7.18. The van der Waals surface area contributed by atoms with Crippen molar-refractivity contribution < 1.29 is 0 Å². The van der Waals surface area contributed by atoms with Gasteiger partial charge < -0.3 is 0 Å². The van der Waals surface area contributed by atoms with Crippen LogP contribution in [0.15, 0.2) is 30.3 Å². The Balaban J connectivity index is 1.79. The van der Waals surface area contributed by atoms with Crippen molar-refractivity contribution in [1.29, 1.82) is 0 Å². The van der Waals surface area contributed by atoms with Gasteiger partial charge in [-0.2, -0.15) is 0 Å². The van der Waals surface area contributed by atoms with Crippen molar-refractivity contribution in [2.24, 2.45) is 29.6 Å². The van der Waals surface area contributed by atoms with Gasteiger partial charge in [-0.3, -0.25) is 0 Å². The van der Waals surface area contributed by atoms with Crippen LogP contribution in [0, 0.1) is 41.9 Å². The molecule has 1 fully saturated rings. The molecule has 1 aliphatic rings. The standard InChI is InChI=1S/C21H30/c1-5-19(11-12-20-9-7-6-8-10-20)13-14-21-17(3)15-16(2)18(21)4/h1,6-10,16-19,21H,11-15H2,2-4H3/t16-,17+,18-,19-,21-/m0/s1. The van der Waals surface area contributed by atoms with Crippen molar-refractivity contribution in [3.63, 3.8) is 0 Å². The van der Waals surface area contributed by atoms with E-state index < -0.39 is 0 Å². The molecule has 1 aromatic carbocycles. The van der Waals surface area contributed by atoms with E-state index in [1.165, 1.54) is 24.8 Å². The van der Waals surface area contributed by atoms with Gasteiger partial charge in [0.2, 0.25) is 0 Å². The molecule has 2 rings (SSSR count). The van der Waals surface area contributed by atoms with Crippen LogP contribution >= 0.6 is 0 Å². The average Bonchev–Trinajstić information content (AvgIpc) is 2.74. The second kappa shape index (κ2) is 7.69. The van der Waals surface area contributed by atoms with Crippen molar-refractivity contribution in [3.8, 4) is 12.3 Å². The minimum Gasteiger partial charge on any atom is -0.120 e. The molecule has 0 heteroatoms. The van der Waals surface area contributed by atoms with Crippen molar-refractivity contribution in [3.05, 3.63) is 35.9 Å². The zero-order valence-corrected chi connectivity index (χ0v) is 13.9. The normalized spacial score (nSPS) is 30.0. The van der Waals surface area contributed by atoms with Gasteiger partial charge in [-0.25, -0.2) is 0 Å². The van der Waals surface area contributed by atoms with Crippen LogP contribution in [0.25, 0.3) is 0 Å². The van der Waals surface area contributed by atoms with E-state index in [1.807, 2.05) is 0 Å². The summed E-state index contributed by atoms with van der Waals surface area (Å²) in [5.41, 5.74) is 1.41. The minimum atomic E-state index is 0.445. The lowest BCUT2D eigenvalue weighted by atomic mass is 9.83. The molecule has 0 heterocycles. The summed E-state index contributed by atoms with van der Waals surface area (Å²) in [5.74, 6) is 7.00. The van der Waals surface area contributed by atoms with Crippen molar-refractivity contribution in [2.45, 2.75) is 52.9 Å². The fourth-order valence-corrected chi connectivity index (χ4v) is 4.15. The van der Waals surface area contributed by atoms with E-state index in [0.29, 0.717) is 5.92 Å². The fraction of sp³-hybridized carbons (Fsp3) is 0.619. The van der Waals surface area contributed by atoms with E-state index in [-0.39, 0.29) is 0 Å². The Hall–Kier alpha value is -1.22. The molecule has 1 aliphatic carbocycles. The first-order chi connectivity index (χ1) is 10.1. The lowest BCUT2D eigenvalue weighted by Crippen LogP contribution is -2.14. The van der Waals surface area contributed by atoms with Crippen molar-refractivity contribution >= 4 is 0 Å². The maximum atomic E-state index is 5.77. The molecule has 114 valence electrons. The molecule has 5 atom stereocenters. The molecule has 0 aromatic heterocycles. The first kappa shape index (κ1) is 16.2. The van der Waals surface area contributed by atoms with E-state index >= 15 is 0 Å². The van der Waals surface area contributed by atoms with Crippen molar-refractivity contribution in [1.82, 2.24) is 0 Å². The molecule has 0 unspecified atom stereocenters. The van der Waals surface area contributed by atoms with Crippen LogP contribution < -0.4 is 0 Å². The Morgan fingerprint density at radius 2 is 1.81 bits per heavy atom. The molecule has 0 nitrogen and oxygen atoms in total. The number of benzene rings is 1. The van der Waals surface area contributed by atoms with E-state index in [9.17, 15) is 0 Å². The third-order valence-corrected chi connectivity index (χ3v) is 5.76. The Labute approximate surface area is 131 Å². The van der Waals surface area contributed by atoms with E-state index in [0.717, 1.165) is 36.5 Å². The third-order valence-electron chi connectivity index (χ3n) is 5.76. The van der Waals surface area contributed by atoms with Gasteiger partial charge in [0.05, 0.1) is 0 Å². The predicted octanol–water partition coefficient (Wildman–Crippen LogP) is 5.58. The summed E-state index contributed by atoms with van der Waals surface area (Å²) in [6, 6.07) is 10.7. The Morgan fingerprint density at radius 3 is 2.38 bits per heavy atom. The van der Waals surface area contributed by atoms with Gasteiger partial charge >= 0.3 is 0 Å². The second-order valence-electron chi connectivity index (χ2n) is 7.18. The Bertz CT molecular complexity index is 453. The average molecular weight is 282 g/mol. The summed E-state index contributed by atoms with van der Waals surface area (Å²) in [6.07, 6.45) is 11.9. The molecule has 0 aliphatic heterocycles. The quantitative estimate of drug-likeness (QED) is 0.598. The number of aryl methyl sites for hydroxylation is 1. The van der Waals surface area contributed by atoms with E-state index in [4.69, 9.17) is 6.42 Å². The molecular weight excluding hydrogens is 252 g/mol. The van der Waals surface area contributed by atoms with Gasteiger partial charge in [0.15, 0.2) is 0 Å². The highest BCUT2D eigenvalue weighted by atomic mass is 14.4. The number of rotatable bonds is 6. The molecule has 1 aromatic rings. The topological polar surface area (TPSA) is 0 Å². The van der Waals surface area contributed by atoms with Crippen LogP contribution in [0.4, 0.5) is 0 Å². The van der Waals surface area contributed by atoms with Gasteiger partial charge in [-0.15, -0.1) is 12.3 Å². The molecule has 0 bridgehead atoms. The lowest BCUT2D eigenvalue weighted by molar-refractivity contribution is 0.284. The summed E-state index contributed by atoms with van der Waals surface area (Å²) in [7, 11) is 0. The molecule has 1 saturated carbocycles. The summed E-state index contributed by atoms with van der Waals surface area (Å²) in [5, 5.41) is 0. The first-order valence-corrected chi connectivity index (χ1v) is 8.61. The molecule has 21 heavy (non-hydrogen) atoms. The van der Waals surface area contributed by atoms with Crippen molar-refractivity contribution in [2.75, 3.05) is 0 Å². The number of hydrogen-bond donors (Lipinski definition) is 0. The van der Waals surface area contributed by atoms with Crippen LogP contribution in [0.3, 0.4) is 0 Å². The predicted molar refractivity (Wildman–Crippen MR) is 91.9 cm³/mol. The molecule has 0 radical (unpaired) electrons. The van der Waals surface area contributed by atoms with E-state index in [1.54, 1.807) is 0 Å². The SMILES string of the molecule is C#C[C@@H](CCc1ccccc1)CC[C@@H]1[C@@H](C)[C@@H](C)C[C@H]1C. The highest BCUT2D eigenvalue weighted by Crippen LogP contribution is 2.43. The zero-order valence-electron chi connectivity index (χ0n) is 13.9. The van der Waals surface area contributed by atoms with E-state index in [2.05, 4.69) is 57.0 Å². The van der Waals surface area contributed by atoms with Gasteiger partial charge in [-0.05, 0) is 61.3 Å². The smallest absolute Gasteiger partial charge is 0.0203 e. The molecule has 0 amide bonds. The molecule has 0 spiro atoms. The molecular formula is C21H30. The van der Waals surface area contributed by atoms with Gasteiger partial charge in [-0.1, -0.05) is 51.1 Å². The molecule has 0 saturated heterocycles. The zero-order chi connectivity index (χ0) is 15.2. The highest BCUT2D eigenvalue weighted by molar-refractivity contribution is 5.15. The maximum Gasteiger partial charge on any atom is 0.0203 e. The summed E-state index contributed by atoms with van der Waals surface area (Å²) in [6.45, 7) is 7.28. The Kier molecular flexibility index (Phi) is 5.92. The van der Waals surface area contributed by atoms with Crippen LogP contribution in [0.1, 0.15) is 52.0 Å². The van der Waals surface area contributed by atoms with Crippen LogP contribution in [0.5, 0.6) is 0 Å². The number of hydrogen-bond acceptors (Lipinski definition) is 0. The van der Waals surface area contributed by atoms with Crippen LogP contribution in [0.2, 0.25) is 0 Å².